The third-order valence-corrected chi connectivity index (χ3v) is 4.39. The molecule has 0 bridgehead atoms. The minimum absolute atomic E-state index is 0. The third-order valence-electron chi connectivity index (χ3n) is 4.39. The second-order valence-corrected chi connectivity index (χ2v) is 6.15. The van der Waals surface area contributed by atoms with Gasteiger partial charge in [0.2, 0.25) is 5.89 Å². The van der Waals surface area contributed by atoms with E-state index in [4.69, 9.17) is 9.15 Å². The number of oxazole rings is 1. The molecule has 0 fully saturated rings. The minimum atomic E-state index is 0. The summed E-state index contributed by atoms with van der Waals surface area (Å²) in [6.45, 7) is 8.40. The fourth-order valence-electron chi connectivity index (χ4n) is 2.82. The summed E-state index contributed by atoms with van der Waals surface area (Å²) in [6.07, 6.45) is 4.93. The molecule has 0 amide bonds. The number of benzene rings is 2. The van der Waals surface area contributed by atoms with Gasteiger partial charge >= 0.3 is 0 Å². The van der Waals surface area contributed by atoms with Gasteiger partial charge in [0, 0.05) is 12.6 Å². The molecule has 0 atom stereocenters. The van der Waals surface area contributed by atoms with Gasteiger partial charge in [-0.05, 0) is 55.4 Å². The van der Waals surface area contributed by atoms with E-state index in [1.54, 1.807) is 0 Å². The summed E-state index contributed by atoms with van der Waals surface area (Å²) in [5.74, 6) is 1.52. The van der Waals surface area contributed by atoms with Gasteiger partial charge in [-0.25, -0.2) is 4.98 Å². The fourth-order valence-corrected chi connectivity index (χ4v) is 2.82. The molecular weight excluding hydrogens is 360 g/mol. The number of hydrogen-bond acceptors (Lipinski definition) is 4. The zero-order valence-electron chi connectivity index (χ0n) is 15.9. The zero-order valence-corrected chi connectivity index (χ0v) is 16.7. The highest BCUT2D eigenvalue weighted by Crippen LogP contribution is 2.18. The molecule has 5 heteroatoms. The topological polar surface area (TPSA) is 38.5 Å². The lowest BCUT2D eigenvalue weighted by Crippen LogP contribution is -2.25. The Bertz CT molecular complexity index is 806. The Morgan fingerprint density at radius 3 is 2.44 bits per heavy atom. The van der Waals surface area contributed by atoms with Crippen LogP contribution in [0.25, 0.3) is 23.3 Å². The van der Waals surface area contributed by atoms with Gasteiger partial charge in [-0.3, -0.25) is 0 Å². The monoisotopic (exact) mass is 386 g/mol. The Hall–Kier alpha value is -2.30. The van der Waals surface area contributed by atoms with E-state index < -0.39 is 0 Å². The van der Waals surface area contributed by atoms with E-state index in [0.717, 1.165) is 55.1 Å². The molecule has 144 valence electrons. The highest BCUT2D eigenvalue weighted by Gasteiger charge is 2.02. The van der Waals surface area contributed by atoms with Crippen molar-refractivity contribution in [2.75, 3.05) is 26.2 Å². The van der Waals surface area contributed by atoms with Gasteiger partial charge in [0.15, 0.2) is 5.58 Å². The van der Waals surface area contributed by atoms with E-state index in [1.165, 1.54) is 0 Å². The number of rotatable bonds is 9. The zero-order chi connectivity index (χ0) is 18.2. The van der Waals surface area contributed by atoms with E-state index in [2.05, 4.69) is 23.7 Å². The smallest absolute Gasteiger partial charge is 0.220 e. The molecule has 0 aliphatic heterocycles. The molecule has 0 saturated heterocycles. The molecule has 3 rings (SSSR count). The molecule has 4 nitrogen and oxygen atoms in total. The first-order valence-electron chi connectivity index (χ1n) is 9.27. The highest BCUT2D eigenvalue weighted by atomic mass is 35.5. The molecule has 0 radical (unpaired) electrons. The van der Waals surface area contributed by atoms with Gasteiger partial charge in [0.05, 0.1) is 6.61 Å². The van der Waals surface area contributed by atoms with E-state index in [9.17, 15) is 0 Å². The summed E-state index contributed by atoms with van der Waals surface area (Å²) in [4.78, 5) is 6.85. The van der Waals surface area contributed by atoms with Gasteiger partial charge in [-0.2, -0.15) is 0 Å². The summed E-state index contributed by atoms with van der Waals surface area (Å²) in [6, 6.07) is 15.9. The number of fused-ring (bicyclic) bond motifs is 1. The summed E-state index contributed by atoms with van der Waals surface area (Å²) < 4.78 is 11.5. The van der Waals surface area contributed by atoms with Crippen LogP contribution in [-0.4, -0.2) is 36.1 Å². The van der Waals surface area contributed by atoms with Gasteiger partial charge in [-0.15, -0.1) is 12.4 Å². The maximum atomic E-state index is 5.82. The second kappa shape index (κ2) is 10.8. The fraction of sp³-hybridized carbons (Fsp3) is 0.318. The Morgan fingerprint density at radius 2 is 1.74 bits per heavy atom. The van der Waals surface area contributed by atoms with Crippen molar-refractivity contribution < 1.29 is 9.15 Å². The molecule has 1 heterocycles. The number of para-hydroxylation sites is 2. The first-order chi connectivity index (χ1) is 12.8. The molecule has 3 aromatic rings. The summed E-state index contributed by atoms with van der Waals surface area (Å²) in [5, 5.41) is 0. The molecule has 27 heavy (non-hydrogen) atoms. The maximum Gasteiger partial charge on any atom is 0.220 e. The van der Waals surface area contributed by atoms with Crippen molar-refractivity contribution in [2.45, 2.75) is 20.3 Å². The SMILES string of the molecule is CCN(CC)CCCOc1ccc(/C=C/c2nc3ccccc3o2)cc1.Cl. The third kappa shape index (κ3) is 6.12. The van der Waals surface area contributed by atoms with Crippen LogP contribution in [0.2, 0.25) is 0 Å². The number of aromatic nitrogens is 1. The molecule has 2 aromatic carbocycles. The van der Waals surface area contributed by atoms with Crippen molar-refractivity contribution >= 4 is 35.7 Å². The van der Waals surface area contributed by atoms with Crippen LogP contribution >= 0.6 is 12.4 Å². The van der Waals surface area contributed by atoms with Crippen LogP contribution in [0.1, 0.15) is 31.7 Å². The maximum absolute atomic E-state index is 5.82. The molecule has 0 aliphatic carbocycles. The quantitative estimate of drug-likeness (QED) is 0.453. The van der Waals surface area contributed by atoms with Crippen LogP contribution in [0.3, 0.4) is 0 Å². The standard InChI is InChI=1S/C22H26N2O2.ClH/c1-3-24(4-2)16-7-17-25-19-13-10-18(11-14-19)12-15-22-23-20-8-5-6-9-21(20)26-22;/h5-6,8-15H,3-4,7,16-17H2,1-2H3;1H/b15-12+;. The Labute approximate surface area is 167 Å². The summed E-state index contributed by atoms with van der Waals surface area (Å²) >= 11 is 0. The lowest BCUT2D eigenvalue weighted by Gasteiger charge is -2.17. The van der Waals surface area contributed by atoms with Crippen molar-refractivity contribution in [3.05, 3.63) is 60.0 Å². The summed E-state index contributed by atoms with van der Waals surface area (Å²) in [7, 11) is 0. The first-order valence-corrected chi connectivity index (χ1v) is 9.27. The lowest BCUT2D eigenvalue weighted by molar-refractivity contribution is 0.249. The van der Waals surface area contributed by atoms with Crippen molar-refractivity contribution in [3.63, 3.8) is 0 Å². The van der Waals surface area contributed by atoms with Crippen LogP contribution < -0.4 is 4.74 Å². The van der Waals surface area contributed by atoms with E-state index >= 15 is 0 Å². The highest BCUT2D eigenvalue weighted by molar-refractivity contribution is 5.85. The van der Waals surface area contributed by atoms with Crippen molar-refractivity contribution in [1.29, 1.82) is 0 Å². The second-order valence-electron chi connectivity index (χ2n) is 6.15. The van der Waals surface area contributed by atoms with Crippen molar-refractivity contribution in [3.8, 4) is 5.75 Å². The average Bonchev–Trinajstić information content (AvgIpc) is 3.10. The van der Waals surface area contributed by atoms with Crippen LogP contribution in [-0.2, 0) is 0 Å². The normalized spacial score (nSPS) is 11.2. The van der Waals surface area contributed by atoms with Gasteiger partial charge in [0.1, 0.15) is 11.3 Å². The van der Waals surface area contributed by atoms with Crippen molar-refractivity contribution in [1.82, 2.24) is 9.88 Å². The van der Waals surface area contributed by atoms with Crippen LogP contribution in [0.15, 0.2) is 52.9 Å². The Kier molecular flexibility index (Phi) is 8.37. The van der Waals surface area contributed by atoms with Gasteiger partial charge < -0.3 is 14.1 Å². The van der Waals surface area contributed by atoms with Gasteiger partial charge in [0.25, 0.3) is 0 Å². The van der Waals surface area contributed by atoms with Crippen molar-refractivity contribution in [2.24, 2.45) is 0 Å². The lowest BCUT2D eigenvalue weighted by atomic mass is 10.2. The number of hydrogen-bond donors (Lipinski definition) is 0. The van der Waals surface area contributed by atoms with E-state index in [1.807, 2.05) is 60.7 Å². The molecule has 0 saturated carbocycles. The number of halogens is 1. The van der Waals surface area contributed by atoms with Crippen LogP contribution in [0, 0.1) is 0 Å². The Balaban J connectivity index is 0.00000261. The Morgan fingerprint density at radius 1 is 1.00 bits per heavy atom. The van der Waals surface area contributed by atoms with Crippen LogP contribution in [0.4, 0.5) is 0 Å². The first kappa shape index (κ1) is 21.0. The largest absolute Gasteiger partial charge is 0.494 e. The predicted molar refractivity (Wildman–Crippen MR) is 115 cm³/mol. The van der Waals surface area contributed by atoms with Gasteiger partial charge in [-0.1, -0.05) is 38.1 Å². The molecule has 0 N–H and O–H groups in total. The number of ether oxygens (including phenoxy) is 1. The molecular formula is C22H27ClN2O2. The number of nitrogens with zero attached hydrogens (tertiary/aromatic N) is 2. The molecule has 0 spiro atoms. The van der Waals surface area contributed by atoms with Crippen LogP contribution in [0.5, 0.6) is 5.75 Å². The average molecular weight is 387 g/mol. The molecule has 1 aromatic heterocycles. The predicted octanol–water partition coefficient (Wildman–Crippen LogP) is 5.53. The van der Waals surface area contributed by atoms with E-state index in [0.29, 0.717) is 5.89 Å². The molecule has 0 unspecified atom stereocenters. The molecule has 0 aliphatic rings. The summed E-state index contributed by atoms with van der Waals surface area (Å²) in [5.41, 5.74) is 2.77. The van der Waals surface area contributed by atoms with E-state index in [-0.39, 0.29) is 12.4 Å². The minimum Gasteiger partial charge on any atom is -0.494 e.